The highest BCUT2D eigenvalue weighted by molar-refractivity contribution is 5.13. The third-order valence-corrected chi connectivity index (χ3v) is 5.60. The van der Waals surface area contributed by atoms with E-state index in [0.717, 1.165) is 38.4 Å². The summed E-state index contributed by atoms with van der Waals surface area (Å²) in [6.07, 6.45) is 7.83. The summed E-state index contributed by atoms with van der Waals surface area (Å²) in [6, 6.07) is 10.2. The number of hydrogen-bond donors (Lipinski definition) is 0. The zero-order chi connectivity index (χ0) is 22.5. The molecule has 1 atom stereocenters. The smallest absolute Gasteiger partial charge is 0.104 e. The lowest BCUT2D eigenvalue weighted by Gasteiger charge is -2.22. The predicted octanol–water partition coefficient (Wildman–Crippen LogP) is 4.31. The first kappa shape index (κ1) is 27.2. The Morgan fingerprint density at radius 2 is 1.50 bits per heavy atom. The van der Waals surface area contributed by atoms with E-state index >= 15 is 0 Å². The van der Waals surface area contributed by atoms with Crippen molar-refractivity contribution in [2.75, 3.05) is 72.5 Å². The van der Waals surface area contributed by atoms with Crippen molar-refractivity contribution in [2.45, 2.75) is 58.2 Å². The molecule has 0 saturated carbocycles. The summed E-state index contributed by atoms with van der Waals surface area (Å²) in [7, 11) is 0. The van der Waals surface area contributed by atoms with Crippen molar-refractivity contribution < 1.29 is 23.7 Å². The molecule has 0 N–H and O–H groups in total. The first-order valence-electron chi connectivity index (χ1n) is 12.6. The summed E-state index contributed by atoms with van der Waals surface area (Å²) >= 11 is 0. The Morgan fingerprint density at radius 1 is 0.812 bits per heavy atom. The minimum Gasteiger partial charge on any atom is -0.378 e. The lowest BCUT2D eigenvalue weighted by Crippen LogP contribution is -2.32. The molecule has 1 unspecified atom stereocenters. The second-order valence-corrected chi connectivity index (χ2v) is 8.40. The van der Waals surface area contributed by atoms with Crippen molar-refractivity contribution in [1.82, 2.24) is 4.90 Å². The summed E-state index contributed by atoms with van der Waals surface area (Å²) in [5.41, 5.74) is 1.16. The van der Waals surface area contributed by atoms with Gasteiger partial charge in [-0.05, 0) is 18.5 Å². The van der Waals surface area contributed by atoms with Crippen LogP contribution in [0.15, 0.2) is 30.3 Å². The van der Waals surface area contributed by atoms with Crippen LogP contribution in [0.25, 0.3) is 0 Å². The van der Waals surface area contributed by atoms with Crippen molar-refractivity contribution in [3.63, 3.8) is 0 Å². The molecule has 6 heteroatoms. The van der Waals surface area contributed by atoms with Gasteiger partial charge in [-0.25, -0.2) is 0 Å². The zero-order valence-electron chi connectivity index (χ0n) is 20.2. The fraction of sp³-hybridized carbons (Fsp3) is 0.769. The summed E-state index contributed by atoms with van der Waals surface area (Å²) in [6.45, 7) is 10.6. The van der Waals surface area contributed by atoms with Crippen LogP contribution >= 0.6 is 0 Å². The molecule has 0 spiro atoms. The standard InChI is InChI=1S/C26H45NO5/c1-2-3-4-5-6-10-13-27-14-16-28-18-19-30-23-26(32-21-20-29-17-15-27)24-31-22-25-11-8-7-9-12-25/h7-9,11-12,26H,2-6,10,13-24H2,1H3. The second kappa shape index (κ2) is 19.4. The van der Waals surface area contributed by atoms with Gasteiger partial charge in [-0.3, -0.25) is 4.90 Å². The average Bonchev–Trinajstić information content (AvgIpc) is 2.82. The largest absolute Gasteiger partial charge is 0.378 e. The van der Waals surface area contributed by atoms with Crippen LogP contribution in [0, 0.1) is 0 Å². The van der Waals surface area contributed by atoms with Crippen molar-refractivity contribution in [3.8, 4) is 0 Å². The van der Waals surface area contributed by atoms with Crippen LogP contribution in [0.4, 0.5) is 0 Å². The minimum atomic E-state index is -0.100. The molecule has 1 fully saturated rings. The molecule has 0 radical (unpaired) electrons. The van der Waals surface area contributed by atoms with Gasteiger partial charge in [0.1, 0.15) is 6.10 Å². The van der Waals surface area contributed by atoms with Crippen LogP contribution in [0.5, 0.6) is 0 Å². The lowest BCUT2D eigenvalue weighted by molar-refractivity contribution is -0.0799. The van der Waals surface area contributed by atoms with E-state index in [0.29, 0.717) is 46.2 Å². The third-order valence-electron chi connectivity index (χ3n) is 5.60. The summed E-state index contributed by atoms with van der Waals surface area (Å²) in [4.78, 5) is 2.46. The molecule has 0 amide bonds. The zero-order valence-corrected chi connectivity index (χ0v) is 20.2. The van der Waals surface area contributed by atoms with Gasteiger partial charge in [0.2, 0.25) is 0 Å². The number of unbranched alkanes of at least 4 members (excludes halogenated alkanes) is 5. The molecule has 0 aliphatic carbocycles. The van der Waals surface area contributed by atoms with E-state index in [9.17, 15) is 0 Å². The molecule has 1 heterocycles. The van der Waals surface area contributed by atoms with Gasteiger partial charge >= 0.3 is 0 Å². The minimum absolute atomic E-state index is 0.100. The quantitative estimate of drug-likeness (QED) is 0.467. The predicted molar refractivity (Wildman–Crippen MR) is 128 cm³/mol. The highest BCUT2D eigenvalue weighted by Crippen LogP contribution is 2.07. The van der Waals surface area contributed by atoms with Gasteiger partial charge in [0.25, 0.3) is 0 Å². The van der Waals surface area contributed by atoms with Gasteiger partial charge in [0, 0.05) is 13.1 Å². The van der Waals surface area contributed by atoms with E-state index in [1.54, 1.807) is 0 Å². The Hall–Kier alpha value is -1.02. The summed E-state index contributed by atoms with van der Waals surface area (Å²) in [5, 5.41) is 0. The van der Waals surface area contributed by atoms with Crippen LogP contribution in [0.2, 0.25) is 0 Å². The van der Waals surface area contributed by atoms with Gasteiger partial charge in [0.05, 0.1) is 59.5 Å². The fourth-order valence-electron chi connectivity index (χ4n) is 3.68. The topological polar surface area (TPSA) is 49.4 Å². The van der Waals surface area contributed by atoms with Crippen molar-refractivity contribution >= 4 is 0 Å². The van der Waals surface area contributed by atoms with E-state index in [2.05, 4.69) is 24.0 Å². The first-order chi connectivity index (χ1) is 15.9. The van der Waals surface area contributed by atoms with E-state index in [1.807, 2.05) is 18.2 Å². The molecule has 0 aromatic heterocycles. The van der Waals surface area contributed by atoms with Gasteiger partial charge in [-0.1, -0.05) is 69.4 Å². The van der Waals surface area contributed by atoms with Crippen molar-refractivity contribution in [1.29, 1.82) is 0 Å². The highest BCUT2D eigenvalue weighted by atomic mass is 16.6. The van der Waals surface area contributed by atoms with Crippen LogP contribution in [0.3, 0.4) is 0 Å². The first-order valence-corrected chi connectivity index (χ1v) is 12.6. The molecule has 184 valence electrons. The van der Waals surface area contributed by atoms with E-state index in [-0.39, 0.29) is 6.10 Å². The van der Waals surface area contributed by atoms with Crippen LogP contribution < -0.4 is 0 Å². The third kappa shape index (κ3) is 14.2. The normalized spacial score (nSPS) is 20.5. The Kier molecular flexibility index (Phi) is 16.5. The van der Waals surface area contributed by atoms with Gasteiger partial charge < -0.3 is 23.7 Å². The molecule has 6 nitrogen and oxygen atoms in total. The number of rotatable bonds is 11. The van der Waals surface area contributed by atoms with Gasteiger partial charge in [-0.2, -0.15) is 0 Å². The Labute approximate surface area is 195 Å². The lowest BCUT2D eigenvalue weighted by atomic mass is 10.1. The van der Waals surface area contributed by atoms with Crippen LogP contribution in [-0.4, -0.2) is 83.5 Å². The molecule has 2 rings (SSSR count). The second-order valence-electron chi connectivity index (χ2n) is 8.40. The average molecular weight is 452 g/mol. The SMILES string of the molecule is CCCCCCCCN1CCOCCOCC(COCc2ccccc2)OCCOCC1. The van der Waals surface area contributed by atoms with E-state index in [1.165, 1.54) is 38.5 Å². The van der Waals surface area contributed by atoms with Crippen molar-refractivity contribution in [2.24, 2.45) is 0 Å². The van der Waals surface area contributed by atoms with E-state index < -0.39 is 0 Å². The molecule has 1 aromatic rings. The summed E-state index contributed by atoms with van der Waals surface area (Å²) in [5.74, 6) is 0. The Bertz CT molecular complexity index is 530. The number of hydrogen-bond acceptors (Lipinski definition) is 6. The molecular weight excluding hydrogens is 406 g/mol. The molecule has 1 saturated heterocycles. The maximum atomic E-state index is 5.97. The van der Waals surface area contributed by atoms with Gasteiger partial charge in [0.15, 0.2) is 0 Å². The highest BCUT2D eigenvalue weighted by Gasteiger charge is 2.12. The van der Waals surface area contributed by atoms with Gasteiger partial charge in [-0.15, -0.1) is 0 Å². The molecule has 1 aliphatic rings. The molecule has 1 aromatic carbocycles. The van der Waals surface area contributed by atoms with Crippen molar-refractivity contribution in [3.05, 3.63) is 35.9 Å². The van der Waals surface area contributed by atoms with E-state index in [4.69, 9.17) is 23.7 Å². The molecule has 32 heavy (non-hydrogen) atoms. The monoisotopic (exact) mass is 451 g/mol. The molecular formula is C26H45NO5. The van der Waals surface area contributed by atoms with Crippen LogP contribution in [0.1, 0.15) is 51.0 Å². The van der Waals surface area contributed by atoms with Crippen LogP contribution in [-0.2, 0) is 30.3 Å². The number of benzene rings is 1. The maximum absolute atomic E-state index is 5.97. The Balaban J connectivity index is 1.64. The number of ether oxygens (including phenoxy) is 5. The molecule has 0 bridgehead atoms. The Morgan fingerprint density at radius 3 is 2.28 bits per heavy atom. The summed E-state index contributed by atoms with van der Waals surface area (Å²) < 4.78 is 29.2. The molecule has 1 aliphatic heterocycles. The fourth-order valence-corrected chi connectivity index (χ4v) is 3.68. The maximum Gasteiger partial charge on any atom is 0.104 e. The number of nitrogens with zero attached hydrogens (tertiary/aromatic N) is 1.